The zero-order valence-electron chi connectivity index (χ0n) is 9.74. The number of phosphoric acid groups is 1. The van der Waals surface area contributed by atoms with Gasteiger partial charge in [0.15, 0.2) is 6.10 Å². The van der Waals surface area contributed by atoms with E-state index in [4.69, 9.17) is 9.63 Å². The highest BCUT2D eigenvalue weighted by atomic mass is 31.2. The van der Waals surface area contributed by atoms with E-state index < -0.39 is 32.5 Å². The Morgan fingerprint density at radius 1 is 1.24 bits per heavy atom. The number of esters is 2. The van der Waals surface area contributed by atoms with Crippen LogP contribution in [0.3, 0.4) is 0 Å². The van der Waals surface area contributed by atoms with Gasteiger partial charge in [0.1, 0.15) is 6.61 Å². The second-order valence-electron chi connectivity index (χ2n) is 2.98. The Morgan fingerprint density at radius 2 is 1.82 bits per heavy atom. The summed E-state index contributed by atoms with van der Waals surface area (Å²) in [5.41, 5.74) is 0. The molecule has 0 aromatic heterocycles. The lowest BCUT2D eigenvalue weighted by Crippen LogP contribution is -2.28. The third kappa shape index (κ3) is 8.82. The van der Waals surface area contributed by atoms with Crippen LogP contribution in [-0.2, 0) is 32.7 Å². The van der Waals surface area contributed by atoms with E-state index in [2.05, 4.69) is 13.8 Å². The summed E-state index contributed by atoms with van der Waals surface area (Å²) in [5, 5.41) is 0. The van der Waals surface area contributed by atoms with Crippen molar-refractivity contribution in [3.63, 3.8) is 0 Å². The molecule has 8 nitrogen and oxygen atoms in total. The molecule has 0 aliphatic heterocycles. The zero-order valence-corrected chi connectivity index (χ0v) is 10.6. The second-order valence-corrected chi connectivity index (χ2v) is 4.54. The van der Waals surface area contributed by atoms with Crippen molar-refractivity contribution in [3.8, 4) is 0 Å². The molecule has 0 aromatic rings. The second kappa shape index (κ2) is 7.39. The number of carbonyl (C=O) groups is 2. The van der Waals surface area contributed by atoms with Crippen molar-refractivity contribution >= 4 is 19.8 Å². The van der Waals surface area contributed by atoms with Crippen LogP contribution in [0.15, 0.2) is 0 Å². The number of ether oxygens (including phenoxy) is 2. The summed E-state index contributed by atoms with van der Waals surface area (Å²) in [4.78, 5) is 30.2. The molecule has 2 unspecified atom stereocenters. The first-order valence-corrected chi connectivity index (χ1v) is 6.10. The van der Waals surface area contributed by atoms with E-state index in [1.165, 1.54) is 6.92 Å². The Balaban J connectivity index is 4.23. The molecule has 0 saturated heterocycles. The predicted molar refractivity (Wildman–Crippen MR) is 55.0 cm³/mol. The molecule has 0 heterocycles. The Hall–Kier alpha value is -0.950. The Labute approximate surface area is 98.4 Å². The summed E-state index contributed by atoms with van der Waals surface area (Å²) in [7, 11) is -3.16. The van der Waals surface area contributed by atoms with Gasteiger partial charge in [-0.05, 0) is 0 Å². The molecular formula is C8H15O8P. The number of hydrogen-bond acceptors (Lipinski definition) is 7. The maximum Gasteiger partial charge on any atom is 0.472 e. The summed E-state index contributed by atoms with van der Waals surface area (Å²) < 4.78 is 28.9. The van der Waals surface area contributed by atoms with Crippen LogP contribution in [-0.4, -0.2) is 43.3 Å². The van der Waals surface area contributed by atoms with Crippen LogP contribution in [0.5, 0.6) is 0 Å². The van der Waals surface area contributed by atoms with E-state index in [1.807, 2.05) is 0 Å². The average molecular weight is 270 g/mol. The molecule has 0 bridgehead atoms. The molecule has 0 aromatic carbocycles. The normalized spacial score (nSPS) is 15.8. The van der Waals surface area contributed by atoms with Crippen LogP contribution in [0.1, 0.15) is 13.8 Å². The van der Waals surface area contributed by atoms with Crippen LogP contribution in [0.2, 0.25) is 0 Å². The van der Waals surface area contributed by atoms with Crippen molar-refractivity contribution in [2.75, 3.05) is 20.3 Å². The monoisotopic (exact) mass is 270 g/mol. The number of carbonyl (C=O) groups excluding carboxylic acids is 2. The van der Waals surface area contributed by atoms with Crippen molar-refractivity contribution in [2.24, 2.45) is 0 Å². The fourth-order valence-corrected chi connectivity index (χ4v) is 1.25. The highest BCUT2D eigenvalue weighted by molar-refractivity contribution is 7.47. The van der Waals surface area contributed by atoms with E-state index in [-0.39, 0.29) is 6.61 Å². The lowest BCUT2D eigenvalue weighted by Gasteiger charge is -2.17. The van der Waals surface area contributed by atoms with E-state index in [1.54, 1.807) is 0 Å². The van der Waals surface area contributed by atoms with Gasteiger partial charge in [0.05, 0.1) is 6.61 Å². The molecule has 0 rings (SSSR count). The smallest absolute Gasteiger partial charge is 0.462 e. The first-order chi connectivity index (χ1) is 7.76. The van der Waals surface area contributed by atoms with Crippen LogP contribution in [0.4, 0.5) is 0 Å². The lowest BCUT2D eigenvalue weighted by atomic mass is 10.4. The molecule has 0 saturated carbocycles. The van der Waals surface area contributed by atoms with Gasteiger partial charge in [-0.2, -0.15) is 0 Å². The highest BCUT2D eigenvalue weighted by Crippen LogP contribution is 2.41. The van der Waals surface area contributed by atoms with E-state index in [0.29, 0.717) is 0 Å². The van der Waals surface area contributed by atoms with Gasteiger partial charge in [0.25, 0.3) is 0 Å². The third-order valence-corrected chi connectivity index (χ3v) is 2.40. The SMILES string of the molecule is COP(=O)(O)OCC(COC(C)=O)OC(C)=O. The Morgan fingerprint density at radius 3 is 2.24 bits per heavy atom. The van der Waals surface area contributed by atoms with Gasteiger partial charge in [-0.25, -0.2) is 4.57 Å². The topological polar surface area (TPSA) is 108 Å². The largest absolute Gasteiger partial charge is 0.472 e. The first kappa shape index (κ1) is 16.1. The standard InChI is InChI=1S/C8H15O8P/c1-6(9)14-4-8(16-7(2)10)5-15-17(11,12)13-3/h8H,4-5H2,1-3H3,(H,11,12). The average Bonchev–Trinajstić information content (AvgIpc) is 2.21. The number of hydrogen-bond donors (Lipinski definition) is 1. The minimum Gasteiger partial charge on any atom is -0.462 e. The predicted octanol–water partition coefficient (Wildman–Crippen LogP) is 0.245. The molecule has 17 heavy (non-hydrogen) atoms. The molecule has 0 aliphatic carbocycles. The maximum atomic E-state index is 11.0. The zero-order chi connectivity index (χ0) is 13.5. The quantitative estimate of drug-likeness (QED) is 0.517. The molecule has 0 aliphatic rings. The summed E-state index contributed by atoms with van der Waals surface area (Å²) in [6.07, 6.45) is -0.966. The van der Waals surface area contributed by atoms with Gasteiger partial charge in [0, 0.05) is 21.0 Å². The molecule has 2 atom stereocenters. The first-order valence-electron chi connectivity index (χ1n) is 4.60. The minimum absolute atomic E-state index is 0.265. The van der Waals surface area contributed by atoms with Crippen LogP contribution in [0.25, 0.3) is 0 Å². The van der Waals surface area contributed by atoms with E-state index >= 15 is 0 Å². The van der Waals surface area contributed by atoms with Gasteiger partial charge in [-0.3, -0.25) is 18.6 Å². The van der Waals surface area contributed by atoms with Gasteiger partial charge in [-0.1, -0.05) is 0 Å². The van der Waals surface area contributed by atoms with Gasteiger partial charge >= 0.3 is 19.8 Å². The summed E-state index contributed by atoms with van der Waals surface area (Å²) in [6, 6.07) is 0. The van der Waals surface area contributed by atoms with Crippen LogP contribution in [0, 0.1) is 0 Å². The van der Waals surface area contributed by atoms with Gasteiger partial charge < -0.3 is 14.4 Å². The molecule has 0 amide bonds. The van der Waals surface area contributed by atoms with Crippen molar-refractivity contribution < 1.29 is 37.6 Å². The van der Waals surface area contributed by atoms with Crippen molar-refractivity contribution in [1.29, 1.82) is 0 Å². The lowest BCUT2D eigenvalue weighted by molar-refractivity contribution is -0.158. The molecule has 9 heteroatoms. The van der Waals surface area contributed by atoms with Crippen molar-refractivity contribution in [1.82, 2.24) is 0 Å². The van der Waals surface area contributed by atoms with Crippen LogP contribution >= 0.6 is 7.82 Å². The summed E-state index contributed by atoms with van der Waals surface area (Å²) in [6.45, 7) is 1.64. The summed E-state index contributed by atoms with van der Waals surface area (Å²) >= 11 is 0. The van der Waals surface area contributed by atoms with Crippen molar-refractivity contribution in [3.05, 3.63) is 0 Å². The Bertz CT molecular complexity index is 315. The van der Waals surface area contributed by atoms with Crippen LogP contribution < -0.4 is 0 Å². The van der Waals surface area contributed by atoms with Crippen molar-refractivity contribution in [2.45, 2.75) is 20.0 Å². The molecule has 0 spiro atoms. The third-order valence-electron chi connectivity index (χ3n) is 1.46. The maximum absolute atomic E-state index is 11.0. The van der Waals surface area contributed by atoms with Gasteiger partial charge in [-0.15, -0.1) is 0 Å². The Kier molecular flexibility index (Phi) is 6.98. The molecule has 0 radical (unpaired) electrons. The fraction of sp³-hybridized carbons (Fsp3) is 0.750. The molecular weight excluding hydrogens is 255 g/mol. The minimum atomic E-state index is -4.15. The number of rotatable bonds is 7. The molecule has 100 valence electrons. The number of phosphoric ester groups is 1. The van der Waals surface area contributed by atoms with E-state index in [0.717, 1.165) is 14.0 Å². The molecule has 0 fully saturated rings. The summed E-state index contributed by atoms with van der Waals surface area (Å²) in [5.74, 6) is -1.20. The van der Waals surface area contributed by atoms with E-state index in [9.17, 15) is 14.2 Å². The fourth-order valence-electron chi connectivity index (χ4n) is 0.791. The van der Waals surface area contributed by atoms with Gasteiger partial charge in [0.2, 0.25) is 0 Å². The highest BCUT2D eigenvalue weighted by Gasteiger charge is 2.23. The molecule has 1 N–H and O–H groups in total.